The van der Waals surface area contributed by atoms with E-state index in [0.717, 1.165) is 17.2 Å². The van der Waals surface area contributed by atoms with Crippen molar-refractivity contribution in [2.45, 2.75) is 18.8 Å². The van der Waals surface area contributed by atoms with E-state index in [-0.39, 0.29) is 23.6 Å². The lowest BCUT2D eigenvalue weighted by molar-refractivity contribution is -0.120. The van der Waals surface area contributed by atoms with Crippen LogP contribution in [0.3, 0.4) is 0 Å². The van der Waals surface area contributed by atoms with E-state index in [1.54, 1.807) is 30.3 Å². The maximum Gasteiger partial charge on any atom is 0.227 e. The average Bonchev–Trinajstić information content (AvgIpc) is 3.29. The lowest BCUT2D eigenvalue weighted by Gasteiger charge is -2.33. The molecule has 0 saturated carbocycles. The van der Waals surface area contributed by atoms with Gasteiger partial charge in [0.25, 0.3) is 0 Å². The SMILES string of the molecule is N#CC1CNc2ncnc(N3CCC(C(=O)Nc4cccc(Oc5ccc(F)cc5)c4)CC3)c21. The van der Waals surface area contributed by atoms with Crippen LogP contribution in [0.25, 0.3) is 0 Å². The Bertz CT molecular complexity index is 1230. The number of anilines is 3. The standard InChI is InChI=1S/C25H23FN6O2/c26-18-4-6-20(7-5-18)34-21-3-1-2-19(12-21)31-25(33)16-8-10-32(11-9-16)24-22-17(13-27)14-28-23(22)29-15-30-24/h1-7,12,15-17H,8-11,14H2,(H,31,33)(H,28,29,30). The second kappa shape index (κ2) is 9.35. The third-order valence-corrected chi connectivity index (χ3v) is 6.16. The maximum absolute atomic E-state index is 13.1. The smallest absolute Gasteiger partial charge is 0.227 e. The van der Waals surface area contributed by atoms with Crippen molar-refractivity contribution in [3.8, 4) is 17.6 Å². The van der Waals surface area contributed by atoms with Crippen molar-refractivity contribution >= 4 is 23.2 Å². The number of nitrogens with one attached hydrogen (secondary N) is 2. The molecule has 3 heterocycles. The van der Waals surface area contributed by atoms with Crippen LogP contribution in [0.15, 0.2) is 54.9 Å². The fourth-order valence-corrected chi connectivity index (χ4v) is 4.38. The summed E-state index contributed by atoms with van der Waals surface area (Å²) in [5.41, 5.74) is 1.49. The monoisotopic (exact) mass is 458 g/mol. The summed E-state index contributed by atoms with van der Waals surface area (Å²) in [6, 6.07) is 15.2. The number of carbonyl (C=O) groups is 1. The molecule has 1 aromatic heterocycles. The summed E-state index contributed by atoms with van der Waals surface area (Å²) < 4.78 is 18.8. The highest BCUT2D eigenvalue weighted by Crippen LogP contribution is 2.37. The molecule has 34 heavy (non-hydrogen) atoms. The lowest BCUT2D eigenvalue weighted by Crippen LogP contribution is -2.39. The Hall–Kier alpha value is -4.19. The summed E-state index contributed by atoms with van der Waals surface area (Å²) in [4.78, 5) is 23.7. The van der Waals surface area contributed by atoms with Gasteiger partial charge in [0.2, 0.25) is 5.91 Å². The number of rotatable bonds is 5. The Morgan fingerprint density at radius 2 is 1.94 bits per heavy atom. The van der Waals surface area contributed by atoms with Crippen molar-refractivity contribution in [3.63, 3.8) is 0 Å². The molecule has 8 nitrogen and oxygen atoms in total. The van der Waals surface area contributed by atoms with Crippen molar-refractivity contribution in [2.24, 2.45) is 5.92 Å². The first kappa shape index (κ1) is 21.6. The predicted molar refractivity (Wildman–Crippen MR) is 125 cm³/mol. The molecule has 1 amide bonds. The Morgan fingerprint density at radius 1 is 1.15 bits per heavy atom. The molecule has 3 aromatic rings. The van der Waals surface area contributed by atoms with E-state index < -0.39 is 0 Å². The minimum atomic E-state index is -0.329. The molecular formula is C25H23FN6O2. The molecule has 1 unspecified atom stereocenters. The number of nitriles is 1. The molecule has 9 heteroatoms. The molecule has 0 spiro atoms. The van der Waals surface area contributed by atoms with Crippen LogP contribution in [0.2, 0.25) is 0 Å². The zero-order chi connectivity index (χ0) is 23.5. The van der Waals surface area contributed by atoms with Crippen LogP contribution in [-0.2, 0) is 4.79 Å². The molecule has 5 rings (SSSR count). The highest BCUT2D eigenvalue weighted by Gasteiger charge is 2.32. The van der Waals surface area contributed by atoms with Crippen molar-refractivity contribution in [3.05, 3.63) is 66.2 Å². The molecule has 2 aliphatic rings. The molecule has 1 atom stereocenters. The lowest BCUT2D eigenvalue weighted by atomic mass is 9.95. The number of carbonyl (C=O) groups excluding carboxylic acids is 1. The first-order valence-corrected chi connectivity index (χ1v) is 11.2. The van der Waals surface area contributed by atoms with Gasteiger partial charge < -0.3 is 20.3 Å². The van der Waals surface area contributed by atoms with E-state index >= 15 is 0 Å². The maximum atomic E-state index is 13.1. The Morgan fingerprint density at radius 3 is 2.71 bits per heavy atom. The normalized spacial score (nSPS) is 17.4. The second-order valence-corrected chi connectivity index (χ2v) is 8.36. The van der Waals surface area contributed by atoms with E-state index in [4.69, 9.17) is 4.74 Å². The van der Waals surface area contributed by atoms with E-state index in [1.165, 1.54) is 18.5 Å². The molecular weight excluding hydrogens is 435 g/mol. The van der Waals surface area contributed by atoms with Crippen molar-refractivity contribution in [1.82, 2.24) is 9.97 Å². The van der Waals surface area contributed by atoms with Gasteiger partial charge in [-0.3, -0.25) is 4.79 Å². The number of amides is 1. The van der Waals surface area contributed by atoms with E-state index in [9.17, 15) is 14.4 Å². The number of fused-ring (bicyclic) bond motifs is 1. The number of aromatic nitrogens is 2. The second-order valence-electron chi connectivity index (χ2n) is 8.36. The van der Waals surface area contributed by atoms with Crippen LogP contribution < -0.4 is 20.3 Å². The quantitative estimate of drug-likeness (QED) is 0.588. The number of halogens is 1. The third kappa shape index (κ3) is 4.48. The third-order valence-electron chi connectivity index (χ3n) is 6.16. The van der Waals surface area contributed by atoms with Gasteiger partial charge in [0.15, 0.2) is 0 Å². The fourth-order valence-electron chi connectivity index (χ4n) is 4.38. The summed E-state index contributed by atoms with van der Waals surface area (Å²) in [5, 5.41) is 15.6. The van der Waals surface area contributed by atoms with E-state index in [2.05, 4.69) is 31.6 Å². The Balaban J connectivity index is 1.20. The van der Waals surface area contributed by atoms with Crippen LogP contribution in [0.1, 0.15) is 24.3 Å². The van der Waals surface area contributed by atoms with Gasteiger partial charge >= 0.3 is 0 Å². The minimum absolute atomic E-state index is 0.0388. The molecule has 0 radical (unpaired) electrons. The van der Waals surface area contributed by atoms with E-state index in [0.29, 0.717) is 49.7 Å². The summed E-state index contributed by atoms with van der Waals surface area (Å²) in [6.45, 7) is 1.89. The number of nitrogens with zero attached hydrogens (tertiary/aromatic N) is 4. The number of hydrogen-bond donors (Lipinski definition) is 2. The number of benzene rings is 2. The zero-order valence-corrected chi connectivity index (χ0v) is 18.4. The Labute approximate surface area is 196 Å². The van der Waals surface area contributed by atoms with Gasteiger partial charge in [-0.05, 0) is 49.2 Å². The average molecular weight is 458 g/mol. The fraction of sp³-hybridized carbons (Fsp3) is 0.280. The van der Waals surface area contributed by atoms with Gasteiger partial charge in [-0.15, -0.1) is 0 Å². The first-order chi connectivity index (χ1) is 16.6. The zero-order valence-electron chi connectivity index (χ0n) is 18.4. The van der Waals surface area contributed by atoms with Gasteiger partial charge in [-0.2, -0.15) is 5.26 Å². The highest BCUT2D eigenvalue weighted by atomic mass is 19.1. The van der Waals surface area contributed by atoms with Gasteiger partial charge in [0.05, 0.1) is 17.6 Å². The molecule has 172 valence electrons. The number of piperidine rings is 1. The van der Waals surface area contributed by atoms with Crippen LogP contribution >= 0.6 is 0 Å². The summed E-state index contributed by atoms with van der Waals surface area (Å²) in [5.74, 6) is 1.81. The van der Waals surface area contributed by atoms with Crippen molar-refractivity contribution in [2.75, 3.05) is 35.2 Å². The minimum Gasteiger partial charge on any atom is -0.457 e. The molecule has 1 fully saturated rings. The van der Waals surface area contributed by atoms with Crippen LogP contribution in [0.5, 0.6) is 11.5 Å². The first-order valence-electron chi connectivity index (χ1n) is 11.2. The topological polar surface area (TPSA) is 103 Å². The molecule has 1 saturated heterocycles. The summed E-state index contributed by atoms with van der Waals surface area (Å²) >= 11 is 0. The van der Waals surface area contributed by atoms with Gasteiger partial charge in [0.1, 0.15) is 35.3 Å². The van der Waals surface area contributed by atoms with E-state index in [1.807, 2.05) is 6.07 Å². The van der Waals surface area contributed by atoms with Crippen LogP contribution in [0.4, 0.5) is 21.7 Å². The highest BCUT2D eigenvalue weighted by molar-refractivity contribution is 5.93. The molecule has 0 aliphatic carbocycles. The predicted octanol–water partition coefficient (Wildman–Crippen LogP) is 4.30. The molecule has 2 aromatic carbocycles. The molecule has 2 aliphatic heterocycles. The largest absolute Gasteiger partial charge is 0.457 e. The molecule has 2 N–H and O–H groups in total. The van der Waals surface area contributed by atoms with Gasteiger partial charge in [-0.1, -0.05) is 6.07 Å². The molecule has 0 bridgehead atoms. The van der Waals surface area contributed by atoms with Crippen molar-refractivity contribution < 1.29 is 13.9 Å². The number of hydrogen-bond acceptors (Lipinski definition) is 7. The van der Waals surface area contributed by atoms with Crippen LogP contribution in [-0.4, -0.2) is 35.5 Å². The van der Waals surface area contributed by atoms with Gasteiger partial charge in [0, 0.05) is 37.3 Å². The Kier molecular flexibility index (Phi) is 5.95. The van der Waals surface area contributed by atoms with Crippen LogP contribution in [0, 0.1) is 23.1 Å². The number of ether oxygens (including phenoxy) is 1. The van der Waals surface area contributed by atoms with Crippen molar-refractivity contribution in [1.29, 1.82) is 5.26 Å². The summed E-state index contributed by atoms with van der Waals surface area (Å²) in [7, 11) is 0. The summed E-state index contributed by atoms with van der Waals surface area (Å²) in [6.07, 6.45) is 2.88. The van der Waals surface area contributed by atoms with Gasteiger partial charge in [-0.25, -0.2) is 14.4 Å².